The molecule has 0 aromatic heterocycles. The predicted octanol–water partition coefficient (Wildman–Crippen LogP) is 0.935. The summed E-state index contributed by atoms with van der Waals surface area (Å²) in [4.78, 5) is 11.2. The average molecular weight is 190 g/mol. The fraction of sp³-hybridized carbons (Fsp3) is 0.364. The topological polar surface area (TPSA) is 26.3 Å². The van der Waals surface area contributed by atoms with Crippen molar-refractivity contribution in [2.45, 2.75) is 26.9 Å². The van der Waals surface area contributed by atoms with E-state index in [1.165, 1.54) is 0 Å². The molecular formula is C11H15BO2. The Kier molecular flexibility index (Phi) is 3.34. The summed E-state index contributed by atoms with van der Waals surface area (Å²) in [6, 6.07) is 5.56. The summed E-state index contributed by atoms with van der Waals surface area (Å²) in [5.74, 6) is 0.879. The third kappa shape index (κ3) is 2.38. The van der Waals surface area contributed by atoms with Crippen molar-refractivity contribution >= 4 is 19.1 Å². The Labute approximate surface area is 85.7 Å². The summed E-state index contributed by atoms with van der Waals surface area (Å²) in [5.41, 5.74) is 1.66. The zero-order chi connectivity index (χ0) is 10.7. The first-order valence-electron chi connectivity index (χ1n) is 4.79. The largest absolute Gasteiger partial charge is 0.492 e. The first-order chi connectivity index (χ1) is 6.52. The van der Waals surface area contributed by atoms with Crippen LogP contribution in [-0.2, 0) is 0 Å². The highest BCUT2D eigenvalue weighted by molar-refractivity contribution is 6.38. The van der Waals surface area contributed by atoms with E-state index in [0.29, 0.717) is 0 Å². The van der Waals surface area contributed by atoms with E-state index in [1.54, 1.807) is 6.92 Å². The van der Waals surface area contributed by atoms with E-state index in [-0.39, 0.29) is 11.9 Å². The van der Waals surface area contributed by atoms with E-state index in [0.717, 1.165) is 16.8 Å². The Bertz CT molecular complexity index is 345. The molecular weight excluding hydrogens is 175 g/mol. The van der Waals surface area contributed by atoms with Crippen molar-refractivity contribution in [3.63, 3.8) is 0 Å². The number of carbonyl (C=O) groups is 1. The molecule has 0 atom stereocenters. The minimum atomic E-state index is 0.0803. The molecule has 74 valence electrons. The Hall–Kier alpha value is -1.25. The normalized spacial score (nSPS) is 10.3. The van der Waals surface area contributed by atoms with Gasteiger partial charge in [0.05, 0.1) is 6.10 Å². The Morgan fingerprint density at radius 1 is 1.43 bits per heavy atom. The van der Waals surface area contributed by atoms with Crippen molar-refractivity contribution in [3.05, 3.63) is 23.8 Å². The second-order valence-electron chi connectivity index (χ2n) is 3.65. The van der Waals surface area contributed by atoms with Crippen LogP contribution in [0.4, 0.5) is 0 Å². The van der Waals surface area contributed by atoms with Gasteiger partial charge in [0.25, 0.3) is 0 Å². The summed E-state index contributed by atoms with van der Waals surface area (Å²) in [6.45, 7) is 5.52. The maximum absolute atomic E-state index is 11.2. The van der Waals surface area contributed by atoms with Gasteiger partial charge in [-0.2, -0.15) is 0 Å². The predicted molar refractivity (Wildman–Crippen MR) is 60.4 cm³/mol. The molecule has 0 heterocycles. The molecule has 0 bridgehead atoms. The average Bonchev–Trinajstić information content (AvgIpc) is 2.07. The lowest BCUT2D eigenvalue weighted by Gasteiger charge is -2.14. The van der Waals surface area contributed by atoms with E-state index in [4.69, 9.17) is 4.74 Å². The van der Waals surface area contributed by atoms with E-state index in [1.807, 2.05) is 39.9 Å². The van der Waals surface area contributed by atoms with Crippen molar-refractivity contribution in [3.8, 4) is 5.75 Å². The Morgan fingerprint density at radius 3 is 2.57 bits per heavy atom. The van der Waals surface area contributed by atoms with Gasteiger partial charge in [-0.05, 0) is 32.3 Å². The number of Topliss-reactive ketones (excluding diaryl/α,β-unsaturated/α-hetero) is 1. The monoisotopic (exact) mass is 190 g/mol. The van der Waals surface area contributed by atoms with Gasteiger partial charge in [-0.25, -0.2) is 0 Å². The van der Waals surface area contributed by atoms with Gasteiger partial charge in [0.2, 0.25) is 0 Å². The Morgan fingerprint density at radius 2 is 2.07 bits per heavy atom. The highest BCUT2D eigenvalue weighted by Gasteiger charge is 2.08. The molecule has 1 rings (SSSR count). The number of benzene rings is 1. The van der Waals surface area contributed by atoms with Crippen molar-refractivity contribution in [1.29, 1.82) is 0 Å². The van der Waals surface area contributed by atoms with E-state index in [2.05, 4.69) is 0 Å². The lowest BCUT2D eigenvalue weighted by molar-refractivity contribution is 0.101. The molecule has 2 nitrogen and oxygen atoms in total. The number of carbonyl (C=O) groups excluding carboxylic acids is 1. The molecule has 1 aromatic carbocycles. The molecule has 3 heteroatoms. The first-order valence-corrected chi connectivity index (χ1v) is 4.79. The second kappa shape index (κ2) is 4.31. The highest BCUT2D eigenvalue weighted by atomic mass is 16.5. The van der Waals surface area contributed by atoms with Crippen LogP contribution < -0.4 is 10.2 Å². The van der Waals surface area contributed by atoms with Crippen LogP contribution >= 0.6 is 0 Å². The fourth-order valence-corrected chi connectivity index (χ4v) is 1.38. The highest BCUT2D eigenvalue weighted by Crippen LogP contribution is 2.11. The molecule has 0 amide bonds. The zero-order valence-electron chi connectivity index (χ0n) is 9.13. The summed E-state index contributed by atoms with van der Waals surface area (Å²) < 4.78 is 5.58. The van der Waals surface area contributed by atoms with Crippen LogP contribution in [0.25, 0.3) is 0 Å². The van der Waals surface area contributed by atoms with Crippen molar-refractivity contribution < 1.29 is 9.53 Å². The van der Waals surface area contributed by atoms with Gasteiger partial charge in [-0.15, -0.1) is 0 Å². The molecule has 0 aliphatic rings. The zero-order valence-corrected chi connectivity index (χ0v) is 9.13. The van der Waals surface area contributed by atoms with E-state index in [9.17, 15) is 4.79 Å². The third-order valence-corrected chi connectivity index (χ3v) is 2.03. The molecule has 0 saturated heterocycles. The summed E-state index contributed by atoms with van der Waals surface area (Å²) in [7, 11) is 1.91. The maximum atomic E-state index is 11.2. The lowest BCUT2D eigenvalue weighted by Crippen LogP contribution is -2.19. The van der Waals surface area contributed by atoms with Crippen LogP contribution in [0.2, 0.25) is 0 Å². The van der Waals surface area contributed by atoms with Gasteiger partial charge in [0.15, 0.2) is 5.78 Å². The smallest absolute Gasteiger partial charge is 0.159 e. The van der Waals surface area contributed by atoms with Crippen LogP contribution in [0.3, 0.4) is 0 Å². The maximum Gasteiger partial charge on any atom is 0.159 e. The number of ether oxygens (including phenoxy) is 1. The van der Waals surface area contributed by atoms with Crippen LogP contribution in [0, 0.1) is 0 Å². The van der Waals surface area contributed by atoms with E-state index >= 15 is 0 Å². The van der Waals surface area contributed by atoms with Crippen LogP contribution in [0.1, 0.15) is 31.1 Å². The molecule has 0 fully saturated rings. The standard InChI is InChI=1S/C11H15BO2/c1-7(2)14-10-6-4-5-9(8(3)13)11(10)12/h4-7H,12H2,1-3H3. The Balaban J connectivity index is 3.07. The van der Waals surface area contributed by atoms with Crippen LogP contribution in [0.15, 0.2) is 18.2 Å². The summed E-state index contributed by atoms with van der Waals surface area (Å²) in [5, 5.41) is 0. The number of rotatable bonds is 3. The molecule has 14 heavy (non-hydrogen) atoms. The number of hydrogen-bond donors (Lipinski definition) is 0. The molecule has 0 aliphatic carbocycles. The molecule has 1 aromatic rings. The van der Waals surface area contributed by atoms with Gasteiger partial charge >= 0.3 is 0 Å². The molecule has 0 aliphatic heterocycles. The first kappa shape index (κ1) is 10.8. The quantitative estimate of drug-likeness (QED) is 0.523. The number of ketones is 1. The van der Waals surface area contributed by atoms with Crippen molar-refractivity contribution in [1.82, 2.24) is 0 Å². The second-order valence-corrected chi connectivity index (χ2v) is 3.65. The van der Waals surface area contributed by atoms with Gasteiger partial charge in [0, 0.05) is 5.56 Å². The van der Waals surface area contributed by atoms with Crippen LogP contribution in [-0.4, -0.2) is 19.7 Å². The SMILES string of the molecule is Bc1c(OC(C)C)cccc1C(C)=O. The van der Waals surface area contributed by atoms with Gasteiger partial charge < -0.3 is 4.74 Å². The lowest BCUT2D eigenvalue weighted by atomic mass is 9.88. The molecule has 0 saturated carbocycles. The van der Waals surface area contributed by atoms with Gasteiger partial charge in [0.1, 0.15) is 13.6 Å². The fourth-order valence-electron chi connectivity index (χ4n) is 1.38. The minimum absolute atomic E-state index is 0.0803. The van der Waals surface area contributed by atoms with E-state index < -0.39 is 0 Å². The molecule has 0 spiro atoms. The molecule has 0 N–H and O–H groups in total. The third-order valence-electron chi connectivity index (χ3n) is 2.03. The summed E-state index contributed by atoms with van der Waals surface area (Å²) >= 11 is 0. The molecule has 0 unspecified atom stereocenters. The van der Waals surface area contributed by atoms with Crippen LogP contribution in [0.5, 0.6) is 5.75 Å². The van der Waals surface area contributed by atoms with Gasteiger partial charge in [-0.1, -0.05) is 12.1 Å². The number of hydrogen-bond acceptors (Lipinski definition) is 2. The van der Waals surface area contributed by atoms with Gasteiger partial charge in [-0.3, -0.25) is 4.79 Å². The summed E-state index contributed by atoms with van der Waals surface area (Å²) in [6.07, 6.45) is 0.135. The molecule has 0 radical (unpaired) electrons. The minimum Gasteiger partial charge on any atom is -0.492 e. The van der Waals surface area contributed by atoms with Crippen molar-refractivity contribution in [2.24, 2.45) is 0 Å². The van der Waals surface area contributed by atoms with Crippen molar-refractivity contribution in [2.75, 3.05) is 0 Å².